The Morgan fingerprint density at radius 1 is 0.649 bits per heavy atom. The Hall–Kier alpha value is 0.359. The van der Waals surface area contributed by atoms with Crippen LogP contribution in [0.1, 0.15) is 106 Å². The molecule has 0 aromatic heterocycles. The van der Waals surface area contributed by atoms with Crippen molar-refractivity contribution in [2.75, 3.05) is 37.9 Å². The second kappa shape index (κ2) is 43.4. The summed E-state index contributed by atoms with van der Waals surface area (Å²) in [5, 5.41) is 0. The number of carbonyl (C=O) groups is 2. The van der Waals surface area contributed by atoms with Gasteiger partial charge in [-0.25, -0.2) is 0 Å². The van der Waals surface area contributed by atoms with E-state index >= 15 is 0 Å². The fourth-order valence-corrected chi connectivity index (χ4v) is 2.13. The van der Waals surface area contributed by atoms with Gasteiger partial charge < -0.3 is 44.2 Å². The summed E-state index contributed by atoms with van der Waals surface area (Å²) >= 11 is 9.32. The standard InChI is InChI=1S/2C10H20O3S.2C4H9.Sn/c2*1-3-6-12-9(2)4-7-13-10(11)5-8-14;2*1-3-4-2;/h2*9,14H,3-8H2,1-2H3;2*1,3-4H2,2H3;/q;;;;+2/p-2. The first kappa shape index (κ1) is 47.2. The molecule has 2 unspecified atom stereocenters. The first-order valence-electron chi connectivity index (χ1n) is 13.5. The van der Waals surface area contributed by atoms with Crippen LogP contribution in [0.5, 0.6) is 0 Å². The predicted molar refractivity (Wildman–Crippen MR) is 163 cm³/mol. The van der Waals surface area contributed by atoms with Gasteiger partial charge in [-0.2, -0.15) is 11.5 Å². The van der Waals surface area contributed by atoms with E-state index in [1.165, 1.54) is 12.8 Å². The maximum atomic E-state index is 10.9. The van der Waals surface area contributed by atoms with Crippen LogP contribution in [0.15, 0.2) is 0 Å². The normalized spacial score (nSPS) is 11.1. The van der Waals surface area contributed by atoms with Crippen LogP contribution in [0.2, 0.25) is 0 Å². The number of unbranched alkanes of at least 4 members (excludes halogenated alkanes) is 2. The Morgan fingerprint density at radius 3 is 1.16 bits per heavy atom. The van der Waals surface area contributed by atoms with Crippen LogP contribution in [-0.4, -0.2) is 86.0 Å². The number of ether oxygens (including phenoxy) is 4. The Morgan fingerprint density at radius 2 is 0.946 bits per heavy atom. The zero-order chi connectivity index (χ0) is 28.5. The molecule has 2 atom stereocenters. The molecular weight excluding hydrogens is 615 g/mol. The topological polar surface area (TPSA) is 71.1 Å². The summed E-state index contributed by atoms with van der Waals surface area (Å²) in [7, 11) is 0. The molecule has 0 heterocycles. The van der Waals surface area contributed by atoms with Gasteiger partial charge in [-0.05, 0) is 26.7 Å². The van der Waals surface area contributed by atoms with Crippen LogP contribution in [0.4, 0.5) is 0 Å². The molecule has 0 fully saturated rings. The van der Waals surface area contributed by atoms with Crippen molar-refractivity contribution in [1.82, 2.24) is 0 Å². The molecule has 6 nitrogen and oxygen atoms in total. The van der Waals surface area contributed by atoms with Crippen molar-refractivity contribution < 1.29 is 28.5 Å². The van der Waals surface area contributed by atoms with Crippen molar-refractivity contribution in [1.29, 1.82) is 0 Å². The first-order valence-corrected chi connectivity index (χ1v) is 14.7. The number of esters is 2. The molecule has 0 amide bonds. The zero-order valence-corrected chi connectivity index (χ0v) is 29.1. The van der Waals surface area contributed by atoms with Crippen LogP contribution in [-0.2, 0) is 53.8 Å². The van der Waals surface area contributed by atoms with Crippen LogP contribution in [0.25, 0.3) is 0 Å². The number of hydrogen-bond acceptors (Lipinski definition) is 8. The van der Waals surface area contributed by atoms with E-state index in [1.807, 2.05) is 13.8 Å². The summed E-state index contributed by atoms with van der Waals surface area (Å²) < 4.78 is 20.7. The van der Waals surface area contributed by atoms with E-state index in [-0.39, 0.29) is 48.1 Å². The van der Waals surface area contributed by atoms with Crippen molar-refractivity contribution in [2.24, 2.45) is 0 Å². The van der Waals surface area contributed by atoms with E-state index in [1.54, 1.807) is 0 Å². The van der Waals surface area contributed by atoms with Crippen molar-refractivity contribution in [3.05, 3.63) is 13.8 Å². The summed E-state index contributed by atoms with van der Waals surface area (Å²) in [6.07, 6.45) is 9.07. The van der Waals surface area contributed by atoms with Crippen molar-refractivity contribution in [2.45, 2.75) is 118 Å². The number of rotatable bonds is 18. The Kier molecular flexibility index (Phi) is 55.3. The fourth-order valence-electron chi connectivity index (χ4n) is 1.79. The molecule has 0 rings (SSSR count). The largest absolute Gasteiger partial charge is 2.00 e. The van der Waals surface area contributed by atoms with E-state index < -0.39 is 0 Å². The second-order valence-electron chi connectivity index (χ2n) is 8.00. The molecule has 0 aliphatic rings. The van der Waals surface area contributed by atoms with Gasteiger partial charge in [0.25, 0.3) is 0 Å². The third kappa shape index (κ3) is 53.4. The first-order chi connectivity index (χ1) is 17.2. The molecule has 0 aliphatic heterocycles. The molecule has 220 valence electrons. The quantitative estimate of drug-likeness (QED) is 0.0970. The molecule has 0 N–H and O–H groups in total. The minimum absolute atomic E-state index is 0. The molecule has 0 spiro atoms. The maximum Gasteiger partial charge on any atom is 2.00 e. The van der Waals surface area contributed by atoms with Crippen LogP contribution in [0, 0.1) is 13.8 Å². The molecule has 4 radical (unpaired) electrons. The van der Waals surface area contributed by atoms with E-state index in [9.17, 15) is 9.59 Å². The summed E-state index contributed by atoms with van der Waals surface area (Å²) in [5.41, 5.74) is 0. The monoisotopic (exact) mass is 672 g/mol. The second-order valence-corrected chi connectivity index (χ2v) is 8.81. The van der Waals surface area contributed by atoms with Crippen LogP contribution in [0.3, 0.4) is 0 Å². The van der Waals surface area contributed by atoms with Gasteiger partial charge in [0.1, 0.15) is 0 Å². The van der Waals surface area contributed by atoms with Crippen LogP contribution < -0.4 is 0 Å². The molecule has 0 aromatic rings. The Balaban J connectivity index is -0.000000140. The van der Waals surface area contributed by atoms with Crippen LogP contribution >= 0.6 is 0 Å². The van der Waals surface area contributed by atoms with Crippen molar-refractivity contribution >= 4 is 61.1 Å². The average molecular weight is 672 g/mol. The number of hydrogen-bond donors (Lipinski definition) is 0. The summed E-state index contributed by atoms with van der Waals surface area (Å²) in [6, 6.07) is 0. The van der Waals surface area contributed by atoms with Gasteiger partial charge in [0.15, 0.2) is 0 Å². The van der Waals surface area contributed by atoms with E-state index in [0.717, 1.165) is 51.7 Å². The minimum atomic E-state index is -0.206. The smallest absolute Gasteiger partial charge is 0.792 e. The SMILES string of the molecule is CCCOC(C)CCOC(=O)CC[S-].CCCOC(C)CCOC(=O)CC[S-].[CH2]CCC.[CH2]CCC.[Sn+2]. The van der Waals surface area contributed by atoms with E-state index in [0.29, 0.717) is 37.6 Å². The molecule has 0 aromatic carbocycles. The third-order valence-corrected chi connectivity index (χ3v) is 4.52. The zero-order valence-electron chi connectivity index (χ0n) is 24.6. The number of carbonyl (C=O) groups excluding carboxylic acids is 2. The van der Waals surface area contributed by atoms with Gasteiger partial charge in [-0.3, -0.25) is 9.59 Å². The van der Waals surface area contributed by atoms with Crippen molar-refractivity contribution in [3.63, 3.8) is 0 Å². The van der Waals surface area contributed by atoms with Gasteiger partial charge in [-0.1, -0.05) is 67.2 Å². The molecule has 0 aliphatic carbocycles. The molecule has 0 saturated carbocycles. The van der Waals surface area contributed by atoms with E-state index in [4.69, 9.17) is 18.9 Å². The summed E-state index contributed by atoms with van der Waals surface area (Å²) in [5.74, 6) is 0.451. The third-order valence-electron chi connectivity index (χ3n) is 4.11. The summed E-state index contributed by atoms with van der Waals surface area (Å²) in [6.45, 7) is 21.9. The molecule has 37 heavy (non-hydrogen) atoms. The van der Waals surface area contributed by atoms with Gasteiger partial charge in [0.2, 0.25) is 0 Å². The Labute approximate surface area is 258 Å². The summed E-state index contributed by atoms with van der Waals surface area (Å²) in [4.78, 5) is 21.8. The van der Waals surface area contributed by atoms with E-state index in [2.05, 4.69) is 66.8 Å². The fraction of sp³-hybridized carbons (Fsp3) is 0.857. The van der Waals surface area contributed by atoms with Crippen molar-refractivity contribution in [3.8, 4) is 0 Å². The molecule has 0 saturated heterocycles. The maximum absolute atomic E-state index is 10.9. The molecule has 0 bridgehead atoms. The molecule has 9 heteroatoms. The minimum Gasteiger partial charge on any atom is -0.792 e. The van der Waals surface area contributed by atoms with Gasteiger partial charge in [0, 0.05) is 38.9 Å². The Bertz CT molecular complexity index is 389. The average Bonchev–Trinajstić information content (AvgIpc) is 2.87. The van der Waals surface area contributed by atoms with Gasteiger partial charge in [-0.15, -0.1) is 0 Å². The molecular formula is C28H56O6S2Sn. The predicted octanol–water partition coefficient (Wildman–Crippen LogP) is 6.20. The van der Waals surface area contributed by atoms with Gasteiger partial charge in [0.05, 0.1) is 25.4 Å². The van der Waals surface area contributed by atoms with Gasteiger partial charge >= 0.3 is 35.8 Å².